The van der Waals surface area contributed by atoms with Gasteiger partial charge in [-0.1, -0.05) is 0 Å². The number of aliphatic carboxylic acids is 1. The summed E-state index contributed by atoms with van der Waals surface area (Å²) < 4.78 is 38.6. The van der Waals surface area contributed by atoms with Crippen molar-refractivity contribution in [2.75, 3.05) is 26.7 Å². The van der Waals surface area contributed by atoms with Gasteiger partial charge in [0.25, 0.3) is 0 Å². The zero-order chi connectivity index (χ0) is 15.6. The second-order valence-electron chi connectivity index (χ2n) is 4.39. The van der Waals surface area contributed by atoms with Crippen molar-refractivity contribution < 1.29 is 32.7 Å². The number of hydrogen-bond donors (Lipinski definition) is 3. The molecule has 1 fully saturated rings. The maximum Gasteiger partial charge on any atom is 0.406 e. The van der Waals surface area contributed by atoms with Gasteiger partial charge in [0.15, 0.2) is 5.41 Å². The molecule has 0 aromatic carbocycles. The highest BCUT2D eigenvalue weighted by Gasteiger charge is 2.64. The zero-order valence-electron chi connectivity index (χ0n) is 10.6. The van der Waals surface area contributed by atoms with Crippen LogP contribution in [0.3, 0.4) is 0 Å². The number of halogens is 3. The number of nitrogens with zero attached hydrogens (tertiary/aromatic N) is 1. The molecule has 0 aromatic rings. The third-order valence-electron chi connectivity index (χ3n) is 3.19. The van der Waals surface area contributed by atoms with E-state index >= 15 is 0 Å². The molecule has 0 bridgehead atoms. The van der Waals surface area contributed by atoms with Crippen molar-refractivity contribution in [1.82, 2.24) is 15.5 Å². The van der Waals surface area contributed by atoms with Gasteiger partial charge in [-0.2, -0.15) is 13.2 Å². The summed E-state index contributed by atoms with van der Waals surface area (Å²) in [6.07, 6.45) is -5.66. The van der Waals surface area contributed by atoms with Crippen LogP contribution in [0.15, 0.2) is 0 Å². The van der Waals surface area contributed by atoms with Crippen LogP contribution in [-0.4, -0.2) is 60.8 Å². The van der Waals surface area contributed by atoms with E-state index in [-0.39, 0.29) is 6.54 Å². The predicted molar refractivity (Wildman–Crippen MR) is 59.8 cm³/mol. The van der Waals surface area contributed by atoms with Crippen molar-refractivity contribution >= 4 is 17.9 Å². The topological polar surface area (TPSA) is 98.7 Å². The minimum atomic E-state index is -4.95. The number of rotatable bonds is 3. The Balaban J connectivity index is 2.72. The van der Waals surface area contributed by atoms with Crippen molar-refractivity contribution in [3.05, 3.63) is 0 Å². The van der Waals surface area contributed by atoms with Crippen LogP contribution >= 0.6 is 0 Å². The highest BCUT2D eigenvalue weighted by Crippen LogP contribution is 2.45. The first kappa shape index (κ1) is 16.1. The molecule has 0 aromatic heterocycles. The molecule has 3 amide bonds. The average molecular weight is 297 g/mol. The van der Waals surface area contributed by atoms with Crippen LogP contribution < -0.4 is 10.6 Å². The number of carboxylic acid groups (broad SMARTS) is 1. The number of carbonyl (C=O) groups is 3. The Morgan fingerprint density at radius 1 is 1.35 bits per heavy atom. The van der Waals surface area contributed by atoms with Gasteiger partial charge in [0.2, 0.25) is 5.91 Å². The van der Waals surface area contributed by atoms with Gasteiger partial charge in [-0.05, 0) is 6.42 Å². The number of nitrogens with one attached hydrogen (secondary N) is 2. The fourth-order valence-electron chi connectivity index (χ4n) is 1.87. The van der Waals surface area contributed by atoms with E-state index in [0.717, 1.165) is 4.90 Å². The molecule has 0 spiro atoms. The quantitative estimate of drug-likeness (QED) is 0.670. The molecule has 1 aliphatic heterocycles. The van der Waals surface area contributed by atoms with E-state index in [0.29, 0.717) is 0 Å². The lowest BCUT2D eigenvalue weighted by molar-refractivity contribution is -0.227. The Hall–Kier alpha value is -2.00. The van der Waals surface area contributed by atoms with E-state index in [1.807, 2.05) is 0 Å². The first-order valence-electron chi connectivity index (χ1n) is 5.67. The molecule has 1 unspecified atom stereocenters. The van der Waals surface area contributed by atoms with E-state index < -0.39 is 49.0 Å². The molecule has 1 aliphatic rings. The van der Waals surface area contributed by atoms with Gasteiger partial charge in [0, 0.05) is 20.1 Å². The summed E-state index contributed by atoms with van der Waals surface area (Å²) in [5.74, 6) is -2.52. The fraction of sp³-hybridized carbons (Fsp3) is 0.700. The standard InChI is InChI=1S/C10H14F3N3O4/c1-14-6(17)4-15-8(20)16-3-2-9(5-16,7(18)19)10(11,12)13/h2-5H2,1H3,(H,14,17)(H,15,20)(H,18,19). The van der Waals surface area contributed by atoms with Crippen molar-refractivity contribution in [3.63, 3.8) is 0 Å². The van der Waals surface area contributed by atoms with Crippen LogP contribution in [0.25, 0.3) is 0 Å². The number of likely N-dealkylation sites (tertiary alicyclic amines) is 1. The van der Waals surface area contributed by atoms with Crippen LogP contribution in [0.5, 0.6) is 0 Å². The maximum atomic E-state index is 12.9. The number of urea groups is 1. The Labute approximate surface area is 112 Å². The monoisotopic (exact) mass is 297 g/mol. The molecule has 10 heteroatoms. The van der Waals surface area contributed by atoms with Crippen LogP contribution in [0, 0.1) is 5.41 Å². The lowest BCUT2D eigenvalue weighted by Crippen LogP contribution is -2.49. The molecular formula is C10H14F3N3O4. The summed E-state index contributed by atoms with van der Waals surface area (Å²) in [4.78, 5) is 34.1. The Morgan fingerprint density at radius 3 is 2.35 bits per heavy atom. The molecule has 3 N–H and O–H groups in total. The number of amides is 3. The summed E-state index contributed by atoms with van der Waals surface area (Å²) in [6.45, 7) is -1.70. The van der Waals surface area contributed by atoms with E-state index in [2.05, 4.69) is 10.6 Å². The number of likely N-dealkylation sites (N-methyl/N-ethyl adjacent to an activating group) is 1. The molecule has 1 atom stereocenters. The van der Waals surface area contributed by atoms with Gasteiger partial charge in [-0.3, -0.25) is 9.59 Å². The Kier molecular flexibility index (Phi) is 4.46. The molecule has 1 saturated heterocycles. The van der Waals surface area contributed by atoms with Crippen molar-refractivity contribution in [1.29, 1.82) is 0 Å². The van der Waals surface area contributed by atoms with E-state index in [1.54, 1.807) is 0 Å². The Bertz CT molecular complexity index is 426. The molecule has 0 radical (unpaired) electrons. The summed E-state index contributed by atoms with van der Waals surface area (Å²) in [6, 6.07) is -0.902. The SMILES string of the molecule is CNC(=O)CNC(=O)N1CCC(C(=O)O)(C(F)(F)F)C1. The van der Waals surface area contributed by atoms with Crippen molar-refractivity contribution in [2.45, 2.75) is 12.6 Å². The molecule has 1 heterocycles. The average Bonchev–Trinajstić information content (AvgIpc) is 2.81. The zero-order valence-corrected chi connectivity index (χ0v) is 10.6. The summed E-state index contributed by atoms with van der Waals surface area (Å²) >= 11 is 0. The normalized spacial score (nSPS) is 22.5. The van der Waals surface area contributed by atoms with Gasteiger partial charge in [0.05, 0.1) is 6.54 Å². The molecule has 0 aliphatic carbocycles. The molecule has 20 heavy (non-hydrogen) atoms. The van der Waals surface area contributed by atoms with Gasteiger partial charge >= 0.3 is 18.2 Å². The van der Waals surface area contributed by atoms with Gasteiger partial charge < -0.3 is 20.6 Å². The van der Waals surface area contributed by atoms with Crippen LogP contribution in [0.1, 0.15) is 6.42 Å². The summed E-state index contributed by atoms with van der Waals surface area (Å²) in [7, 11) is 1.34. The van der Waals surface area contributed by atoms with E-state index in [1.165, 1.54) is 7.05 Å². The third kappa shape index (κ3) is 2.94. The van der Waals surface area contributed by atoms with Crippen LogP contribution in [0.2, 0.25) is 0 Å². The third-order valence-corrected chi connectivity index (χ3v) is 3.19. The predicted octanol–water partition coefficient (Wildman–Crippen LogP) is -0.219. The Morgan fingerprint density at radius 2 is 1.95 bits per heavy atom. The first-order chi connectivity index (χ1) is 9.14. The molecule has 114 valence electrons. The summed E-state index contributed by atoms with van der Waals surface area (Å²) in [5, 5.41) is 13.2. The van der Waals surface area contributed by atoms with Crippen LogP contribution in [-0.2, 0) is 9.59 Å². The molecule has 1 rings (SSSR count). The number of alkyl halides is 3. The molecular weight excluding hydrogens is 283 g/mol. The van der Waals surface area contributed by atoms with Crippen molar-refractivity contribution in [3.8, 4) is 0 Å². The second-order valence-corrected chi connectivity index (χ2v) is 4.39. The fourth-order valence-corrected chi connectivity index (χ4v) is 1.87. The maximum absolute atomic E-state index is 12.9. The number of hydrogen-bond acceptors (Lipinski definition) is 3. The van der Waals surface area contributed by atoms with Crippen molar-refractivity contribution in [2.24, 2.45) is 5.41 Å². The largest absolute Gasteiger partial charge is 0.481 e. The van der Waals surface area contributed by atoms with Gasteiger partial charge in [-0.25, -0.2) is 4.79 Å². The number of carboxylic acids is 1. The number of carbonyl (C=O) groups excluding carboxylic acids is 2. The lowest BCUT2D eigenvalue weighted by Gasteiger charge is -2.27. The minimum Gasteiger partial charge on any atom is -0.481 e. The second kappa shape index (κ2) is 5.55. The summed E-state index contributed by atoms with van der Waals surface area (Å²) in [5.41, 5.74) is -2.95. The smallest absolute Gasteiger partial charge is 0.406 e. The minimum absolute atomic E-state index is 0.342. The van der Waals surface area contributed by atoms with Crippen LogP contribution in [0.4, 0.5) is 18.0 Å². The molecule has 0 saturated carbocycles. The van der Waals surface area contributed by atoms with Gasteiger partial charge in [0.1, 0.15) is 0 Å². The van der Waals surface area contributed by atoms with E-state index in [9.17, 15) is 27.6 Å². The van der Waals surface area contributed by atoms with E-state index in [4.69, 9.17) is 5.11 Å². The highest BCUT2D eigenvalue weighted by molar-refractivity contribution is 5.85. The highest BCUT2D eigenvalue weighted by atomic mass is 19.4. The molecule has 7 nitrogen and oxygen atoms in total. The van der Waals surface area contributed by atoms with Gasteiger partial charge in [-0.15, -0.1) is 0 Å². The lowest BCUT2D eigenvalue weighted by atomic mass is 9.86. The first-order valence-corrected chi connectivity index (χ1v) is 5.67.